The van der Waals surface area contributed by atoms with E-state index in [1.165, 1.54) is 10.7 Å². The van der Waals surface area contributed by atoms with Crippen molar-refractivity contribution in [3.05, 3.63) is 72.3 Å². The van der Waals surface area contributed by atoms with Gasteiger partial charge in [0.25, 0.3) is 5.91 Å². The van der Waals surface area contributed by atoms with Crippen molar-refractivity contribution in [1.29, 1.82) is 0 Å². The van der Waals surface area contributed by atoms with E-state index in [1.54, 1.807) is 36.2 Å². The van der Waals surface area contributed by atoms with Gasteiger partial charge in [-0.2, -0.15) is 5.10 Å². The van der Waals surface area contributed by atoms with Crippen molar-refractivity contribution >= 4 is 17.6 Å². The number of halogens is 1. The number of anilines is 1. The molecule has 1 aliphatic heterocycles. The third kappa shape index (κ3) is 5.14. The topological polar surface area (TPSA) is 76.9 Å². The van der Waals surface area contributed by atoms with Crippen LogP contribution in [-0.4, -0.2) is 65.9 Å². The second-order valence-corrected chi connectivity index (χ2v) is 7.45. The molecule has 0 unspecified atom stereocenters. The predicted octanol–water partition coefficient (Wildman–Crippen LogP) is 2.92. The van der Waals surface area contributed by atoms with E-state index < -0.39 is 5.97 Å². The minimum atomic E-state index is -0.617. The summed E-state index contributed by atoms with van der Waals surface area (Å²) in [5.74, 6) is -0.934. The number of hydrogen-bond donors (Lipinski definition) is 0. The number of esters is 1. The average Bonchev–Trinajstić information content (AvgIpc) is 3.28. The fraction of sp³-hybridized carbons (Fsp3) is 0.292. The lowest BCUT2D eigenvalue weighted by Gasteiger charge is -2.36. The summed E-state index contributed by atoms with van der Waals surface area (Å²) < 4.78 is 26.3. The molecular formula is C24H25FN4O4. The lowest BCUT2D eigenvalue weighted by molar-refractivity contribution is -0.133. The van der Waals surface area contributed by atoms with E-state index in [9.17, 15) is 14.0 Å². The molecule has 8 nitrogen and oxygen atoms in total. The molecule has 0 N–H and O–H groups in total. The summed E-state index contributed by atoms with van der Waals surface area (Å²) in [5, 5.41) is 4.29. The van der Waals surface area contributed by atoms with Gasteiger partial charge in [-0.25, -0.2) is 13.9 Å². The van der Waals surface area contributed by atoms with E-state index in [0.717, 1.165) is 5.69 Å². The van der Waals surface area contributed by atoms with E-state index in [4.69, 9.17) is 9.47 Å². The van der Waals surface area contributed by atoms with Gasteiger partial charge >= 0.3 is 5.97 Å². The number of aromatic nitrogens is 2. The van der Waals surface area contributed by atoms with E-state index in [1.807, 2.05) is 35.2 Å². The number of amides is 1. The van der Waals surface area contributed by atoms with Gasteiger partial charge in [0.2, 0.25) is 5.69 Å². The maximum atomic E-state index is 14.0. The van der Waals surface area contributed by atoms with E-state index in [-0.39, 0.29) is 36.4 Å². The highest BCUT2D eigenvalue weighted by Crippen LogP contribution is 2.22. The first-order chi connectivity index (χ1) is 16.1. The number of benzene rings is 2. The molecule has 0 aliphatic carbocycles. The summed E-state index contributed by atoms with van der Waals surface area (Å²) in [4.78, 5) is 28.7. The van der Waals surface area contributed by atoms with Crippen LogP contribution in [0.4, 0.5) is 10.1 Å². The Bertz CT molecular complexity index is 1110. The van der Waals surface area contributed by atoms with Crippen LogP contribution in [0, 0.1) is 5.82 Å². The Kier molecular flexibility index (Phi) is 6.87. The molecule has 0 saturated carbocycles. The largest absolute Gasteiger partial charge is 0.480 e. The summed E-state index contributed by atoms with van der Waals surface area (Å²) in [6.45, 7) is 3.60. The first kappa shape index (κ1) is 22.3. The summed E-state index contributed by atoms with van der Waals surface area (Å²) in [5.41, 5.74) is 1.29. The zero-order valence-electron chi connectivity index (χ0n) is 18.3. The molecule has 9 heteroatoms. The first-order valence-electron chi connectivity index (χ1n) is 10.8. The van der Waals surface area contributed by atoms with Crippen molar-refractivity contribution < 1.29 is 23.5 Å². The predicted molar refractivity (Wildman–Crippen MR) is 120 cm³/mol. The first-order valence-corrected chi connectivity index (χ1v) is 10.8. The van der Waals surface area contributed by atoms with Gasteiger partial charge in [0, 0.05) is 26.2 Å². The van der Waals surface area contributed by atoms with Crippen LogP contribution in [0.3, 0.4) is 0 Å². The second-order valence-electron chi connectivity index (χ2n) is 7.45. The zero-order chi connectivity index (χ0) is 23.2. The molecule has 0 radical (unpaired) electrons. The number of carbonyl (C=O) groups is 2. The molecule has 1 fully saturated rings. The fourth-order valence-electron chi connectivity index (χ4n) is 3.65. The summed E-state index contributed by atoms with van der Waals surface area (Å²) in [7, 11) is 0. The average molecular weight is 452 g/mol. The maximum Gasteiger partial charge on any atom is 0.362 e. The summed E-state index contributed by atoms with van der Waals surface area (Å²) in [6.07, 6.45) is 1.56. The van der Waals surface area contributed by atoms with E-state index in [0.29, 0.717) is 31.9 Å². The molecule has 0 bridgehead atoms. The normalized spacial score (nSPS) is 13.6. The van der Waals surface area contributed by atoms with Gasteiger partial charge in [0.05, 0.1) is 24.2 Å². The number of hydrogen-bond acceptors (Lipinski definition) is 6. The van der Waals surface area contributed by atoms with E-state index >= 15 is 0 Å². The Morgan fingerprint density at radius 1 is 1.00 bits per heavy atom. The van der Waals surface area contributed by atoms with Crippen molar-refractivity contribution in [3.8, 4) is 11.4 Å². The van der Waals surface area contributed by atoms with Gasteiger partial charge in [-0.15, -0.1) is 0 Å². The minimum absolute atomic E-state index is 0.0119. The molecule has 1 amide bonds. The highest BCUT2D eigenvalue weighted by Gasteiger charge is 2.25. The van der Waals surface area contributed by atoms with E-state index in [2.05, 4.69) is 5.10 Å². The molecule has 0 atom stereocenters. The number of nitrogens with zero attached hydrogens (tertiary/aromatic N) is 4. The van der Waals surface area contributed by atoms with Crippen molar-refractivity contribution in [1.82, 2.24) is 14.7 Å². The Morgan fingerprint density at radius 2 is 1.70 bits per heavy atom. The molecule has 33 heavy (non-hydrogen) atoms. The van der Waals surface area contributed by atoms with Gasteiger partial charge in [0.1, 0.15) is 5.82 Å². The third-order valence-electron chi connectivity index (χ3n) is 5.35. The number of rotatable bonds is 7. The zero-order valence-corrected chi connectivity index (χ0v) is 18.3. The van der Waals surface area contributed by atoms with Gasteiger partial charge < -0.3 is 19.3 Å². The van der Waals surface area contributed by atoms with Crippen LogP contribution in [0.15, 0.2) is 60.8 Å². The SMILES string of the molecule is CCOC(=O)c1nn(-c2ccccc2)cc1OCC(=O)N1CCN(c2ccccc2F)CC1. The van der Waals surface area contributed by atoms with Crippen molar-refractivity contribution in [2.75, 3.05) is 44.3 Å². The van der Waals surface area contributed by atoms with Gasteiger partial charge in [-0.1, -0.05) is 30.3 Å². The lowest BCUT2D eigenvalue weighted by Crippen LogP contribution is -2.50. The summed E-state index contributed by atoms with van der Waals surface area (Å²) in [6, 6.07) is 15.9. The van der Waals surface area contributed by atoms with Crippen molar-refractivity contribution in [2.45, 2.75) is 6.92 Å². The second kappa shape index (κ2) is 10.2. The fourth-order valence-corrected chi connectivity index (χ4v) is 3.65. The van der Waals surface area contributed by atoms with Crippen LogP contribution in [0.1, 0.15) is 17.4 Å². The molecule has 172 valence electrons. The van der Waals surface area contributed by atoms with Crippen LogP contribution >= 0.6 is 0 Å². The highest BCUT2D eigenvalue weighted by molar-refractivity contribution is 5.90. The Balaban J connectivity index is 1.40. The standard InChI is InChI=1S/C24H25FN4O4/c1-2-32-24(31)23-21(16-29(26-23)18-8-4-3-5-9-18)33-17-22(30)28-14-12-27(13-15-28)20-11-7-6-10-19(20)25/h3-11,16H,2,12-15,17H2,1H3. The Hall–Kier alpha value is -3.88. The molecule has 1 saturated heterocycles. The number of ether oxygens (including phenoxy) is 2. The van der Waals surface area contributed by atoms with Crippen LogP contribution in [0.5, 0.6) is 5.75 Å². The van der Waals surface area contributed by atoms with Crippen LogP contribution in [-0.2, 0) is 9.53 Å². The van der Waals surface area contributed by atoms with Crippen LogP contribution < -0.4 is 9.64 Å². The maximum absolute atomic E-state index is 14.0. The molecule has 1 aromatic heterocycles. The molecule has 2 aromatic carbocycles. The number of piperazine rings is 1. The van der Waals surface area contributed by atoms with Crippen molar-refractivity contribution in [3.63, 3.8) is 0 Å². The monoisotopic (exact) mass is 452 g/mol. The number of para-hydroxylation sites is 2. The highest BCUT2D eigenvalue weighted by atomic mass is 19.1. The molecular weight excluding hydrogens is 427 g/mol. The number of carbonyl (C=O) groups excluding carboxylic acids is 2. The van der Waals surface area contributed by atoms with Gasteiger partial charge in [-0.05, 0) is 31.2 Å². The third-order valence-corrected chi connectivity index (χ3v) is 5.35. The Morgan fingerprint density at radius 3 is 2.39 bits per heavy atom. The molecule has 4 rings (SSSR count). The smallest absolute Gasteiger partial charge is 0.362 e. The summed E-state index contributed by atoms with van der Waals surface area (Å²) >= 11 is 0. The lowest BCUT2D eigenvalue weighted by atomic mass is 10.2. The Labute approximate surface area is 191 Å². The quantitative estimate of drug-likeness (QED) is 0.513. The molecule has 0 spiro atoms. The minimum Gasteiger partial charge on any atom is -0.480 e. The van der Waals surface area contributed by atoms with Gasteiger partial charge in [0.15, 0.2) is 12.4 Å². The molecule has 3 aromatic rings. The van der Waals surface area contributed by atoms with Crippen LogP contribution in [0.2, 0.25) is 0 Å². The molecule has 2 heterocycles. The van der Waals surface area contributed by atoms with Crippen LogP contribution in [0.25, 0.3) is 5.69 Å². The molecule has 1 aliphatic rings. The van der Waals surface area contributed by atoms with Crippen molar-refractivity contribution in [2.24, 2.45) is 0 Å². The van der Waals surface area contributed by atoms with Gasteiger partial charge in [-0.3, -0.25) is 4.79 Å².